The molecule has 0 aromatic carbocycles. The largest absolute Gasteiger partial charge is 0.444 e. The summed E-state index contributed by atoms with van der Waals surface area (Å²) in [6, 6.07) is -0.710. The van der Waals surface area contributed by atoms with E-state index in [1.165, 1.54) is 6.33 Å². The van der Waals surface area contributed by atoms with Gasteiger partial charge >= 0.3 is 6.09 Å². The Morgan fingerprint density at radius 2 is 2.14 bits per heavy atom. The number of nitrogens with two attached hydrogens (primary N) is 1. The maximum absolute atomic E-state index is 12.3. The summed E-state index contributed by atoms with van der Waals surface area (Å²) in [6.07, 6.45) is 4.38. The summed E-state index contributed by atoms with van der Waals surface area (Å²) < 4.78 is 10.9. The van der Waals surface area contributed by atoms with Crippen LogP contribution < -0.4 is 5.73 Å². The minimum Gasteiger partial charge on any atom is -0.444 e. The molecule has 0 aliphatic carbocycles. The van der Waals surface area contributed by atoms with Gasteiger partial charge in [-0.3, -0.25) is 4.90 Å². The van der Waals surface area contributed by atoms with Crippen LogP contribution in [-0.2, 0) is 9.47 Å². The Labute approximate surface area is 124 Å². The third-order valence-corrected chi connectivity index (χ3v) is 3.17. The molecule has 116 valence electrons. The molecule has 1 aliphatic rings. The van der Waals surface area contributed by atoms with Crippen LogP contribution >= 0.6 is 0 Å². The molecule has 1 amide bonds. The molecule has 1 fully saturated rings. The molecule has 7 nitrogen and oxygen atoms in total. The minimum atomic E-state index is -0.542. The number of carbonyl (C=O) groups excluding carboxylic acids is 1. The molecule has 0 saturated carbocycles. The van der Waals surface area contributed by atoms with Gasteiger partial charge in [-0.25, -0.2) is 14.8 Å². The van der Waals surface area contributed by atoms with Crippen molar-refractivity contribution in [1.29, 1.82) is 0 Å². The van der Waals surface area contributed by atoms with Crippen molar-refractivity contribution in [2.45, 2.75) is 38.5 Å². The normalized spacial score (nSPS) is 21.0. The number of amides is 1. The first kappa shape index (κ1) is 15.7. The van der Waals surface area contributed by atoms with Gasteiger partial charge in [0.2, 0.25) is 0 Å². The summed E-state index contributed by atoms with van der Waals surface area (Å²) in [4.78, 5) is 21.9. The van der Waals surface area contributed by atoms with Crippen molar-refractivity contribution in [1.82, 2.24) is 14.9 Å². The van der Waals surface area contributed by atoms with Crippen LogP contribution in [0.2, 0.25) is 0 Å². The van der Waals surface area contributed by atoms with E-state index in [4.69, 9.17) is 15.2 Å². The molecule has 0 spiro atoms. The highest BCUT2D eigenvalue weighted by Gasteiger charge is 2.35. The highest BCUT2D eigenvalue weighted by molar-refractivity contribution is 5.69. The monoisotopic (exact) mass is 294 g/mol. The second-order valence-corrected chi connectivity index (χ2v) is 6.01. The Hall–Kier alpha value is -1.73. The molecule has 2 heterocycles. The second kappa shape index (κ2) is 6.36. The second-order valence-electron chi connectivity index (χ2n) is 6.01. The van der Waals surface area contributed by atoms with E-state index in [1.807, 2.05) is 20.8 Å². The maximum atomic E-state index is 12.3. The van der Waals surface area contributed by atoms with Crippen molar-refractivity contribution < 1.29 is 14.3 Å². The smallest absolute Gasteiger partial charge is 0.410 e. The van der Waals surface area contributed by atoms with Crippen molar-refractivity contribution in [3.05, 3.63) is 24.3 Å². The fraction of sp³-hybridized carbons (Fsp3) is 0.643. The summed E-state index contributed by atoms with van der Waals surface area (Å²) in [5.74, 6) is 0. The predicted octanol–water partition coefficient (Wildman–Crippen LogP) is 1.11. The zero-order chi connectivity index (χ0) is 15.5. The zero-order valence-electron chi connectivity index (χ0n) is 12.7. The van der Waals surface area contributed by atoms with Crippen LogP contribution in [0.5, 0.6) is 0 Å². The molecular formula is C14H22N4O3. The standard InChI is InChI=1S/C14H22N4O3/c1-14(2,3)21-13(19)18-4-5-20-8-11(18)12(15)10-6-16-9-17-7-10/h6-7,9,11-12H,4-5,8,15H2,1-3H3. The third-order valence-electron chi connectivity index (χ3n) is 3.17. The van der Waals surface area contributed by atoms with E-state index < -0.39 is 11.6 Å². The lowest BCUT2D eigenvalue weighted by atomic mass is 10.0. The van der Waals surface area contributed by atoms with E-state index in [-0.39, 0.29) is 12.1 Å². The van der Waals surface area contributed by atoms with Crippen LogP contribution in [0.4, 0.5) is 4.79 Å². The first-order chi connectivity index (χ1) is 9.88. The molecule has 2 atom stereocenters. The Kier molecular flexibility index (Phi) is 4.74. The summed E-state index contributed by atoms with van der Waals surface area (Å²) in [7, 11) is 0. The number of hydrogen-bond acceptors (Lipinski definition) is 6. The Bertz CT molecular complexity index is 475. The van der Waals surface area contributed by atoms with E-state index in [2.05, 4.69) is 9.97 Å². The molecule has 2 rings (SSSR count). The lowest BCUT2D eigenvalue weighted by Crippen LogP contribution is -2.54. The average Bonchev–Trinajstić information content (AvgIpc) is 2.45. The predicted molar refractivity (Wildman–Crippen MR) is 76.5 cm³/mol. The van der Waals surface area contributed by atoms with Crippen LogP contribution in [0.3, 0.4) is 0 Å². The summed E-state index contributed by atoms with van der Waals surface area (Å²) in [5, 5.41) is 0. The summed E-state index contributed by atoms with van der Waals surface area (Å²) in [5.41, 5.74) is 6.48. The summed E-state index contributed by atoms with van der Waals surface area (Å²) >= 11 is 0. The highest BCUT2D eigenvalue weighted by Crippen LogP contribution is 2.22. The molecule has 2 unspecified atom stereocenters. The fourth-order valence-corrected chi connectivity index (χ4v) is 2.17. The van der Waals surface area contributed by atoms with Gasteiger partial charge < -0.3 is 15.2 Å². The van der Waals surface area contributed by atoms with Crippen molar-refractivity contribution in [2.24, 2.45) is 5.73 Å². The van der Waals surface area contributed by atoms with Gasteiger partial charge in [-0.1, -0.05) is 0 Å². The van der Waals surface area contributed by atoms with E-state index in [9.17, 15) is 4.79 Å². The average molecular weight is 294 g/mol. The van der Waals surface area contributed by atoms with Gasteiger partial charge in [0, 0.05) is 24.5 Å². The number of ether oxygens (including phenoxy) is 2. The number of rotatable bonds is 2. The molecule has 1 aromatic rings. The SMILES string of the molecule is CC(C)(C)OC(=O)N1CCOCC1C(N)c1cncnc1. The zero-order valence-corrected chi connectivity index (χ0v) is 12.7. The van der Waals surface area contributed by atoms with Crippen LogP contribution in [-0.4, -0.2) is 52.4 Å². The summed E-state index contributed by atoms with van der Waals surface area (Å²) in [6.45, 7) is 6.83. The fourth-order valence-electron chi connectivity index (χ4n) is 2.17. The molecule has 1 saturated heterocycles. The highest BCUT2D eigenvalue weighted by atomic mass is 16.6. The first-order valence-electron chi connectivity index (χ1n) is 6.96. The van der Waals surface area contributed by atoms with Crippen molar-refractivity contribution >= 4 is 6.09 Å². The van der Waals surface area contributed by atoms with E-state index in [0.717, 1.165) is 5.56 Å². The number of hydrogen-bond donors (Lipinski definition) is 1. The topological polar surface area (TPSA) is 90.6 Å². The van der Waals surface area contributed by atoms with E-state index in [0.29, 0.717) is 19.8 Å². The van der Waals surface area contributed by atoms with Gasteiger partial charge in [0.15, 0.2) is 0 Å². The van der Waals surface area contributed by atoms with E-state index >= 15 is 0 Å². The van der Waals surface area contributed by atoms with Gasteiger partial charge in [0.05, 0.1) is 25.3 Å². The lowest BCUT2D eigenvalue weighted by molar-refractivity contribution is -0.0382. The molecular weight excluding hydrogens is 272 g/mol. The molecule has 1 aromatic heterocycles. The quantitative estimate of drug-likeness (QED) is 0.878. The minimum absolute atomic E-state index is 0.292. The maximum Gasteiger partial charge on any atom is 0.410 e. The van der Waals surface area contributed by atoms with Gasteiger partial charge in [0.1, 0.15) is 11.9 Å². The molecule has 0 bridgehead atoms. The molecule has 1 aliphatic heterocycles. The van der Waals surface area contributed by atoms with Gasteiger partial charge in [-0.2, -0.15) is 0 Å². The van der Waals surface area contributed by atoms with Crippen molar-refractivity contribution in [3.63, 3.8) is 0 Å². The van der Waals surface area contributed by atoms with Gasteiger partial charge in [0.25, 0.3) is 0 Å². The molecule has 0 radical (unpaired) electrons. The van der Waals surface area contributed by atoms with Crippen LogP contribution in [0.25, 0.3) is 0 Å². The number of carbonyl (C=O) groups is 1. The molecule has 21 heavy (non-hydrogen) atoms. The Morgan fingerprint density at radius 3 is 2.76 bits per heavy atom. The third kappa shape index (κ3) is 4.12. The first-order valence-corrected chi connectivity index (χ1v) is 6.96. The van der Waals surface area contributed by atoms with Crippen LogP contribution in [0.15, 0.2) is 18.7 Å². The van der Waals surface area contributed by atoms with Gasteiger partial charge in [-0.05, 0) is 20.8 Å². The van der Waals surface area contributed by atoms with Crippen LogP contribution in [0, 0.1) is 0 Å². The Balaban J connectivity index is 2.13. The van der Waals surface area contributed by atoms with Crippen LogP contribution in [0.1, 0.15) is 32.4 Å². The molecule has 7 heteroatoms. The van der Waals surface area contributed by atoms with Crippen molar-refractivity contribution in [3.8, 4) is 0 Å². The van der Waals surface area contributed by atoms with Crippen molar-refractivity contribution in [2.75, 3.05) is 19.8 Å². The number of aromatic nitrogens is 2. The number of morpholine rings is 1. The Morgan fingerprint density at radius 1 is 1.48 bits per heavy atom. The van der Waals surface area contributed by atoms with E-state index in [1.54, 1.807) is 17.3 Å². The molecule has 2 N–H and O–H groups in total. The number of nitrogens with zero attached hydrogens (tertiary/aromatic N) is 3. The lowest BCUT2D eigenvalue weighted by Gasteiger charge is -2.39. The van der Waals surface area contributed by atoms with Gasteiger partial charge in [-0.15, -0.1) is 0 Å².